The first kappa shape index (κ1) is 28.6. The number of ether oxygens (including phenoxy) is 2. The smallest absolute Gasteiger partial charge is 0.406 e. The van der Waals surface area contributed by atoms with Crippen LogP contribution in [0.4, 0.5) is 0 Å². The van der Waals surface area contributed by atoms with Gasteiger partial charge in [-0.1, -0.05) is 39.9 Å². The molecule has 5 atom stereocenters. The van der Waals surface area contributed by atoms with Crippen LogP contribution in [-0.2, 0) is 27.9 Å². The van der Waals surface area contributed by atoms with Crippen LogP contribution < -0.4 is 16.3 Å². The van der Waals surface area contributed by atoms with Crippen LogP contribution in [-0.4, -0.2) is 57.8 Å². The zero-order chi connectivity index (χ0) is 25.7. The average Bonchev–Trinajstić information content (AvgIpc) is 3.15. The summed E-state index contributed by atoms with van der Waals surface area (Å²) in [7, 11) is -3.16. The summed E-state index contributed by atoms with van der Waals surface area (Å²) in [4.78, 5) is 40.5. The molecule has 1 aliphatic rings. The topological polar surface area (TPSA) is 187 Å². The molecule has 0 radical (unpaired) electrons. The number of hydrogen-bond donors (Lipinski definition) is 2. The SMILES string of the molecule is COC(=O)C(C)NP(=O)(OC[C@H]1O[C@@H](n2cc(C)c(=O)[nH]c2=O)C[C@@H]1N=[N+]=[N-])OCC(Cl)(Cl)Cl. The lowest BCUT2D eigenvalue weighted by molar-refractivity contribution is -0.142. The van der Waals surface area contributed by atoms with Crippen molar-refractivity contribution in [2.45, 2.75) is 48.5 Å². The second kappa shape index (κ2) is 11.9. The molecule has 14 nitrogen and oxygen atoms in total. The summed E-state index contributed by atoms with van der Waals surface area (Å²) in [6, 6.07) is -1.96. The number of aromatic nitrogens is 2. The van der Waals surface area contributed by atoms with Crippen molar-refractivity contribution < 1.29 is 27.9 Å². The number of aromatic amines is 1. The van der Waals surface area contributed by atoms with Crippen molar-refractivity contribution in [3.63, 3.8) is 0 Å². The highest BCUT2D eigenvalue weighted by Crippen LogP contribution is 2.47. The van der Waals surface area contributed by atoms with Gasteiger partial charge in [-0.3, -0.25) is 28.2 Å². The second-order valence-corrected chi connectivity index (χ2v) is 11.5. The van der Waals surface area contributed by atoms with Crippen LogP contribution in [0, 0.1) is 6.92 Å². The van der Waals surface area contributed by atoms with E-state index in [0.29, 0.717) is 0 Å². The molecule has 2 rings (SSSR count). The minimum Gasteiger partial charge on any atom is -0.468 e. The molecule has 1 fully saturated rings. The van der Waals surface area contributed by atoms with Crippen LogP contribution in [0.3, 0.4) is 0 Å². The van der Waals surface area contributed by atoms with Crippen molar-refractivity contribution in [3.8, 4) is 0 Å². The Morgan fingerprint density at radius 1 is 1.47 bits per heavy atom. The van der Waals surface area contributed by atoms with Gasteiger partial charge in [-0.15, -0.1) is 0 Å². The number of hydrogen-bond acceptors (Lipinski definition) is 9. The number of azide groups is 1. The highest BCUT2D eigenvalue weighted by molar-refractivity contribution is 7.51. The molecular weight excluding hydrogens is 542 g/mol. The summed E-state index contributed by atoms with van der Waals surface area (Å²) in [5.74, 6) is -0.765. The van der Waals surface area contributed by atoms with E-state index in [1.54, 1.807) is 0 Å². The highest BCUT2D eigenvalue weighted by atomic mass is 35.6. The molecule has 0 aliphatic carbocycles. The summed E-state index contributed by atoms with van der Waals surface area (Å²) >= 11 is 17.0. The van der Waals surface area contributed by atoms with Crippen LogP contribution in [0.25, 0.3) is 10.4 Å². The van der Waals surface area contributed by atoms with E-state index in [0.717, 1.165) is 11.7 Å². The van der Waals surface area contributed by atoms with Crippen LogP contribution >= 0.6 is 42.5 Å². The van der Waals surface area contributed by atoms with Crippen molar-refractivity contribution in [3.05, 3.63) is 43.0 Å². The van der Waals surface area contributed by atoms with E-state index < -0.39 is 66.4 Å². The fourth-order valence-corrected chi connectivity index (χ4v) is 4.83. The number of esters is 1. The van der Waals surface area contributed by atoms with E-state index >= 15 is 0 Å². The zero-order valence-corrected chi connectivity index (χ0v) is 21.3. The number of methoxy groups -OCH3 is 1. The van der Waals surface area contributed by atoms with Crippen LogP contribution in [0.15, 0.2) is 20.9 Å². The number of nitrogens with one attached hydrogen (secondary N) is 2. The third-order valence-electron chi connectivity index (χ3n) is 4.57. The first-order chi connectivity index (χ1) is 15.8. The molecule has 0 spiro atoms. The number of rotatable bonds is 10. The Balaban J connectivity index is 2.22. The number of carbonyl (C=O) groups excluding carboxylic acids is 1. The third kappa shape index (κ3) is 7.98. The zero-order valence-electron chi connectivity index (χ0n) is 18.1. The number of alkyl halides is 3. The highest BCUT2D eigenvalue weighted by Gasteiger charge is 2.40. The maximum atomic E-state index is 13.2. The number of carbonyl (C=O) groups is 1. The van der Waals surface area contributed by atoms with Gasteiger partial charge in [-0.2, -0.15) is 0 Å². The molecule has 34 heavy (non-hydrogen) atoms. The Labute approximate surface area is 208 Å². The van der Waals surface area contributed by atoms with E-state index in [1.165, 1.54) is 20.0 Å². The fourth-order valence-electron chi connectivity index (χ4n) is 2.93. The lowest BCUT2D eigenvalue weighted by atomic mass is 10.1. The van der Waals surface area contributed by atoms with Gasteiger partial charge < -0.3 is 9.47 Å². The first-order valence-corrected chi connectivity index (χ1v) is 12.3. The molecule has 0 amide bonds. The van der Waals surface area contributed by atoms with Gasteiger partial charge in [0.25, 0.3) is 5.56 Å². The van der Waals surface area contributed by atoms with Crippen LogP contribution in [0.1, 0.15) is 25.1 Å². The predicted molar refractivity (Wildman–Crippen MR) is 122 cm³/mol. The summed E-state index contributed by atoms with van der Waals surface area (Å²) < 4.78 is 33.3. The molecule has 190 valence electrons. The van der Waals surface area contributed by atoms with Gasteiger partial charge in [0.1, 0.15) is 18.9 Å². The monoisotopic (exact) mass is 562 g/mol. The average molecular weight is 564 g/mol. The minimum absolute atomic E-state index is 0.0504. The van der Waals surface area contributed by atoms with E-state index in [1.807, 2.05) is 0 Å². The predicted octanol–water partition coefficient (Wildman–Crippen LogP) is 2.47. The molecular formula is C16H22Cl3N6O8P. The quantitative estimate of drug-likeness (QED) is 0.108. The summed E-state index contributed by atoms with van der Waals surface area (Å²) in [5.41, 5.74) is 7.88. The number of nitrogens with zero attached hydrogens (tertiary/aromatic N) is 4. The van der Waals surface area contributed by atoms with Gasteiger partial charge in [-0.05, 0) is 19.4 Å². The van der Waals surface area contributed by atoms with E-state index in [2.05, 4.69) is 24.8 Å². The van der Waals surface area contributed by atoms with Crippen LogP contribution in [0.2, 0.25) is 0 Å². The van der Waals surface area contributed by atoms with Gasteiger partial charge in [-0.25, -0.2) is 14.4 Å². The molecule has 2 N–H and O–H groups in total. The number of H-pyrrole nitrogens is 1. The number of aryl methyl sites for hydroxylation is 1. The van der Waals surface area contributed by atoms with Gasteiger partial charge in [0.15, 0.2) is 0 Å². The van der Waals surface area contributed by atoms with Gasteiger partial charge in [0.2, 0.25) is 3.79 Å². The Morgan fingerprint density at radius 3 is 2.74 bits per heavy atom. The molecule has 1 aromatic rings. The Kier molecular flexibility index (Phi) is 10.0. The van der Waals surface area contributed by atoms with Gasteiger partial charge in [0, 0.05) is 23.1 Å². The molecule has 1 aromatic heterocycles. The largest absolute Gasteiger partial charge is 0.468 e. The third-order valence-corrected chi connectivity index (χ3v) is 6.56. The van der Waals surface area contributed by atoms with Crippen molar-refractivity contribution in [2.24, 2.45) is 5.11 Å². The van der Waals surface area contributed by atoms with E-state index in [9.17, 15) is 18.9 Å². The molecule has 0 saturated carbocycles. The standard InChI is InChI=1S/C16H22Cl3N6O8P/c1-8-5-25(15(28)21-13(8)26)12-4-10(22-24-20)11(33-12)6-31-34(29,32-7-16(17,18)19)23-9(2)14(27)30-3/h5,9-12H,4,6-7H2,1-3H3,(H,23,29)(H,21,26,28)/t9?,10-,11+,12+,34?/m0/s1. The Hall–Kier alpha value is -1.60. The molecule has 1 saturated heterocycles. The van der Waals surface area contributed by atoms with Gasteiger partial charge >= 0.3 is 19.4 Å². The fraction of sp³-hybridized carbons (Fsp3) is 0.688. The molecule has 2 unspecified atom stereocenters. The van der Waals surface area contributed by atoms with Gasteiger partial charge in [0.05, 0.1) is 25.9 Å². The normalized spacial score (nSPS) is 23.1. The van der Waals surface area contributed by atoms with E-state index in [4.69, 9.17) is 54.1 Å². The Bertz CT molecular complexity index is 1100. The molecule has 0 aromatic carbocycles. The Morgan fingerprint density at radius 2 is 2.15 bits per heavy atom. The number of halogens is 3. The lowest BCUT2D eigenvalue weighted by Crippen LogP contribution is -2.36. The van der Waals surface area contributed by atoms with Crippen LogP contribution in [0.5, 0.6) is 0 Å². The van der Waals surface area contributed by atoms with Crippen molar-refractivity contribution in [2.75, 3.05) is 20.3 Å². The molecule has 1 aliphatic heterocycles. The molecule has 18 heteroatoms. The maximum absolute atomic E-state index is 13.2. The first-order valence-electron chi connectivity index (χ1n) is 9.61. The summed E-state index contributed by atoms with van der Waals surface area (Å²) in [5, 5.41) is 6.00. The van der Waals surface area contributed by atoms with Crippen molar-refractivity contribution in [1.82, 2.24) is 14.6 Å². The molecule has 0 bridgehead atoms. The summed E-state index contributed by atoms with van der Waals surface area (Å²) in [6.07, 6.45) is -0.554. The second-order valence-electron chi connectivity index (χ2n) is 7.17. The van der Waals surface area contributed by atoms with E-state index in [-0.39, 0.29) is 12.0 Å². The van der Waals surface area contributed by atoms with Crippen molar-refractivity contribution >= 4 is 48.5 Å². The molecule has 2 heterocycles. The lowest BCUT2D eigenvalue weighted by Gasteiger charge is -2.25. The maximum Gasteiger partial charge on any atom is 0.406 e. The minimum atomic E-state index is -4.29. The summed E-state index contributed by atoms with van der Waals surface area (Å²) in [6.45, 7) is 1.73. The van der Waals surface area contributed by atoms with Crippen molar-refractivity contribution in [1.29, 1.82) is 0 Å².